The molecule has 0 aliphatic carbocycles. The molecule has 0 radical (unpaired) electrons. The first-order chi connectivity index (χ1) is 32.0. The van der Waals surface area contributed by atoms with Crippen LogP contribution in [0.3, 0.4) is 0 Å². The molecule has 6 heteroatoms. The summed E-state index contributed by atoms with van der Waals surface area (Å²) in [7, 11) is 0. The van der Waals surface area contributed by atoms with E-state index in [-0.39, 0.29) is 37.5 Å². The summed E-state index contributed by atoms with van der Waals surface area (Å²) in [6.07, 6.45) is 70.7. The van der Waals surface area contributed by atoms with Gasteiger partial charge in [0.15, 0.2) is 6.10 Å². The zero-order chi connectivity index (χ0) is 47.2. The van der Waals surface area contributed by atoms with Gasteiger partial charge < -0.3 is 14.2 Å². The maximum atomic E-state index is 12.8. The summed E-state index contributed by atoms with van der Waals surface area (Å²) >= 11 is 0. The quantitative estimate of drug-likeness (QED) is 0.0262. The highest BCUT2D eigenvalue weighted by molar-refractivity contribution is 5.71. The topological polar surface area (TPSA) is 78.9 Å². The third kappa shape index (κ3) is 50.9. The number of ether oxygens (including phenoxy) is 3. The van der Waals surface area contributed by atoms with Crippen LogP contribution in [-0.2, 0) is 28.6 Å². The molecule has 0 aliphatic rings. The Bertz CT molecular complexity index is 1360. The van der Waals surface area contributed by atoms with Crippen LogP contribution in [0.5, 0.6) is 0 Å². The fourth-order valence-corrected chi connectivity index (χ4v) is 6.83. The van der Waals surface area contributed by atoms with Gasteiger partial charge in [0.25, 0.3) is 0 Å². The highest BCUT2D eigenvalue weighted by Gasteiger charge is 2.19. The number of carbonyl (C=O) groups excluding carboxylic acids is 3. The lowest BCUT2D eigenvalue weighted by molar-refractivity contribution is -0.167. The maximum absolute atomic E-state index is 12.8. The van der Waals surface area contributed by atoms with Crippen LogP contribution in [0.25, 0.3) is 0 Å². The number of carbonyl (C=O) groups is 3. The first-order valence-electron chi connectivity index (χ1n) is 26.4. The molecule has 0 aromatic carbocycles. The van der Waals surface area contributed by atoms with Crippen LogP contribution >= 0.6 is 0 Å². The van der Waals surface area contributed by atoms with Crippen LogP contribution < -0.4 is 0 Å². The van der Waals surface area contributed by atoms with Crippen molar-refractivity contribution in [2.24, 2.45) is 0 Å². The van der Waals surface area contributed by atoms with Crippen LogP contribution in [0, 0.1) is 0 Å². The van der Waals surface area contributed by atoms with E-state index in [0.717, 1.165) is 128 Å². The second kappa shape index (κ2) is 52.7. The summed E-state index contributed by atoms with van der Waals surface area (Å²) in [5, 5.41) is 0. The summed E-state index contributed by atoms with van der Waals surface area (Å²) < 4.78 is 16.8. The third-order valence-corrected chi connectivity index (χ3v) is 10.7. The Morgan fingerprint density at radius 3 is 0.969 bits per heavy atom. The van der Waals surface area contributed by atoms with Crippen molar-refractivity contribution in [2.75, 3.05) is 13.2 Å². The lowest BCUT2D eigenvalue weighted by Crippen LogP contribution is -2.30. The number of unbranched alkanes of at least 4 members (excludes halogenated alkanes) is 17. The molecular formula is C59H96O6. The minimum atomic E-state index is -0.812. The average Bonchev–Trinajstić information content (AvgIpc) is 3.30. The smallest absolute Gasteiger partial charge is 0.306 e. The summed E-state index contributed by atoms with van der Waals surface area (Å²) in [5.74, 6) is -0.978. The van der Waals surface area contributed by atoms with E-state index in [1.54, 1.807) is 0 Å². The standard InChI is InChI=1S/C59H96O6/c1-4-7-10-13-16-19-22-25-28-29-32-34-37-40-43-46-49-52-58(61)64-55-56(65-59(62)53-50-47-44-41-38-35-31-27-24-21-18-15-12-9-6-3)54-63-57(60)51-48-45-42-39-36-33-30-26-23-20-17-14-11-8-5-2/h8-9,11-12,16-21,25-28,30-31,38,41,56H,4-7,10,13-15,22-24,29,32-37,39-40,42-55H2,1-3H3/b11-8-,12-9-,19-16-,20-17-,21-18-,28-25-,30-26-,31-27-,41-38-/t56-/m1/s1. The van der Waals surface area contributed by atoms with Gasteiger partial charge in [-0.15, -0.1) is 0 Å². The second-order valence-electron chi connectivity index (χ2n) is 17.0. The number of hydrogen-bond acceptors (Lipinski definition) is 6. The lowest BCUT2D eigenvalue weighted by Gasteiger charge is -2.18. The van der Waals surface area contributed by atoms with Crippen molar-refractivity contribution in [3.63, 3.8) is 0 Å². The second-order valence-corrected chi connectivity index (χ2v) is 17.0. The number of hydrogen-bond donors (Lipinski definition) is 0. The van der Waals surface area contributed by atoms with E-state index in [9.17, 15) is 14.4 Å². The fourth-order valence-electron chi connectivity index (χ4n) is 6.83. The summed E-state index contributed by atoms with van der Waals surface area (Å²) in [6.45, 7) is 6.32. The molecule has 0 N–H and O–H groups in total. The van der Waals surface area contributed by atoms with Gasteiger partial charge in [-0.1, -0.05) is 194 Å². The Labute approximate surface area is 400 Å². The van der Waals surface area contributed by atoms with Gasteiger partial charge >= 0.3 is 17.9 Å². The van der Waals surface area contributed by atoms with Gasteiger partial charge in [-0.2, -0.15) is 0 Å². The van der Waals surface area contributed by atoms with Gasteiger partial charge in [0.2, 0.25) is 0 Å². The van der Waals surface area contributed by atoms with Gasteiger partial charge in [-0.3, -0.25) is 14.4 Å². The molecule has 65 heavy (non-hydrogen) atoms. The van der Waals surface area contributed by atoms with Crippen LogP contribution in [0.15, 0.2) is 109 Å². The van der Waals surface area contributed by atoms with Crippen molar-refractivity contribution in [1.82, 2.24) is 0 Å². The van der Waals surface area contributed by atoms with Crippen molar-refractivity contribution < 1.29 is 28.6 Å². The van der Waals surface area contributed by atoms with Crippen LogP contribution in [-0.4, -0.2) is 37.2 Å². The predicted octanol–water partition coefficient (Wildman–Crippen LogP) is 17.5. The first kappa shape index (κ1) is 61.1. The zero-order valence-electron chi connectivity index (χ0n) is 42.0. The molecule has 6 nitrogen and oxygen atoms in total. The first-order valence-corrected chi connectivity index (χ1v) is 26.4. The van der Waals surface area contributed by atoms with Crippen molar-refractivity contribution in [2.45, 2.75) is 232 Å². The highest BCUT2D eigenvalue weighted by Crippen LogP contribution is 2.13. The molecule has 0 aromatic heterocycles. The van der Waals surface area contributed by atoms with E-state index in [2.05, 4.69) is 130 Å². The molecule has 0 unspecified atom stereocenters. The Hall–Kier alpha value is -3.93. The van der Waals surface area contributed by atoms with E-state index < -0.39 is 6.10 Å². The Kier molecular flexibility index (Phi) is 49.5. The SMILES string of the molecule is CC/C=C\C/C=C\C/C=C\C/C=C\CCCCC(=O)O[C@H](COC(=O)CCCCCCC/C=C\C/C=C\C/C=C\CC)COC(=O)CCCCCCCCC/C=C\C/C=C\CCCCC. The lowest BCUT2D eigenvalue weighted by atomic mass is 10.1. The number of rotatable bonds is 46. The van der Waals surface area contributed by atoms with Crippen molar-refractivity contribution in [3.05, 3.63) is 109 Å². The zero-order valence-corrected chi connectivity index (χ0v) is 42.0. The Morgan fingerprint density at radius 2 is 0.600 bits per heavy atom. The third-order valence-electron chi connectivity index (χ3n) is 10.7. The Balaban J connectivity index is 4.50. The monoisotopic (exact) mass is 901 g/mol. The van der Waals surface area contributed by atoms with Gasteiger partial charge in [0.05, 0.1) is 0 Å². The van der Waals surface area contributed by atoms with E-state index in [4.69, 9.17) is 14.2 Å². The molecule has 0 spiro atoms. The summed E-state index contributed by atoms with van der Waals surface area (Å²) in [5.41, 5.74) is 0. The molecule has 0 amide bonds. The van der Waals surface area contributed by atoms with Crippen LogP contribution in [0.1, 0.15) is 226 Å². The van der Waals surface area contributed by atoms with Crippen molar-refractivity contribution in [3.8, 4) is 0 Å². The van der Waals surface area contributed by atoms with Gasteiger partial charge in [-0.25, -0.2) is 0 Å². The average molecular weight is 901 g/mol. The largest absolute Gasteiger partial charge is 0.462 e. The van der Waals surface area contributed by atoms with E-state index in [1.807, 2.05) is 0 Å². The molecule has 1 atom stereocenters. The van der Waals surface area contributed by atoms with Gasteiger partial charge in [0.1, 0.15) is 13.2 Å². The minimum Gasteiger partial charge on any atom is -0.462 e. The summed E-state index contributed by atoms with van der Waals surface area (Å²) in [6, 6.07) is 0. The van der Waals surface area contributed by atoms with Gasteiger partial charge in [0, 0.05) is 19.3 Å². The molecule has 0 heterocycles. The molecule has 0 saturated carbocycles. The fraction of sp³-hybridized carbons (Fsp3) is 0.644. The molecule has 0 saturated heterocycles. The molecule has 368 valence electrons. The number of esters is 3. The normalized spacial score (nSPS) is 13.0. The molecule has 0 bridgehead atoms. The molecular weight excluding hydrogens is 805 g/mol. The molecule has 0 rings (SSSR count). The molecule has 0 aromatic rings. The van der Waals surface area contributed by atoms with Crippen molar-refractivity contribution >= 4 is 17.9 Å². The van der Waals surface area contributed by atoms with E-state index in [0.29, 0.717) is 19.3 Å². The summed E-state index contributed by atoms with van der Waals surface area (Å²) in [4.78, 5) is 38.0. The minimum absolute atomic E-state index is 0.107. The highest BCUT2D eigenvalue weighted by atomic mass is 16.6. The van der Waals surface area contributed by atoms with Gasteiger partial charge in [-0.05, 0) is 122 Å². The van der Waals surface area contributed by atoms with Crippen LogP contribution in [0.2, 0.25) is 0 Å². The van der Waals surface area contributed by atoms with E-state index >= 15 is 0 Å². The van der Waals surface area contributed by atoms with E-state index in [1.165, 1.54) is 51.4 Å². The van der Waals surface area contributed by atoms with Crippen molar-refractivity contribution in [1.29, 1.82) is 0 Å². The predicted molar refractivity (Wildman–Crippen MR) is 279 cm³/mol. The molecule has 0 fully saturated rings. The number of allylic oxidation sites excluding steroid dienone is 18. The van der Waals surface area contributed by atoms with Crippen LogP contribution in [0.4, 0.5) is 0 Å². The molecule has 0 aliphatic heterocycles. The Morgan fingerprint density at radius 1 is 0.323 bits per heavy atom. The maximum Gasteiger partial charge on any atom is 0.306 e.